The van der Waals surface area contributed by atoms with Crippen LogP contribution in [0.2, 0.25) is 0 Å². The van der Waals surface area contributed by atoms with E-state index >= 15 is 0 Å². The number of nitrogens with two attached hydrogens (primary N) is 1. The third-order valence-electron chi connectivity index (χ3n) is 3.94. The Morgan fingerprint density at radius 2 is 1.86 bits per heavy atom. The molecule has 1 aromatic carbocycles. The third kappa shape index (κ3) is 4.41. The van der Waals surface area contributed by atoms with E-state index in [4.69, 9.17) is 5.73 Å². The zero-order valence-electron chi connectivity index (χ0n) is 13.8. The summed E-state index contributed by atoms with van der Waals surface area (Å²) in [4.78, 5) is 12.4. The Kier molecular flexibility index (Phi) is 5.31. The van der Waals surface area contributed by atoms with Crippen molar-refractivity contribution >= 4 is 11.9 Å². The van der Waals surface area contributed by atoms with Gasteiger partial charge in [-0.25, -0.2) is 0 Å². The van der Waals surface area contributed by atoms with Gasteiger partial charge in [0.25, 0.3) is 0 Å². The molecule has 22 heavy (non-hydrogen) atoms. The zero-order chi connectivity index (χ0) is 16.1. The predicted molar refractivity (Wildman–Crippen MR) is 90.9 cm³/mol. The van der Waals surface area contributed by atoms with Gasteiger partial charge in [-0.2, -0.15) is 15.0 Å². The molecule has 3 N–H and O–H groups in total. The highest BCUT2D eigenvalue weighted by Gasteiger charge is 2.10. The highest BCUT2D eigenvalue weighted by atomic mass is 15.2. The lowest BCUT2D eigenvalue weighted by Gasteiger charge is -2.17. The van der Waals surface area contributed by atoms with Gasteiger partial charge in [0.05, 0.1) is 0 Å². The summed E-state index contributed by atoms with van der Waals surface area (Å²) in [6.45, 7) is 8.28. The summed E-state index contributed by atoms with van der Waals surface area (Å²) in [6, 6.07) is 6.99. The largest absolute Gasteiger partial charge is 0.368 e. The molecule has 0 aliphatic rings. The van der Waals surface area contributed by atoms with Crippen LogP contribution in [0.1, 0.15) is 42.3 Å². The van der Waals surface area contributed by atoms with Crippen LogP contribution in [0.25, 0.3) is 0 Å². The molecule has 0 bridgehead atoms. The van der Waals surface area contributed by atoms with Crippen LogP contribution in [0.3, 0.4) is 0 Å². The van der Waals surface area contributed by atoms with Gasteiger partial charge in [0.1, 0.15) is 5.82 Å². The molecule has 0 amide bonds. The van der Waals surface area contributed by atoms with Crippen LogP contribution in [-0.2, 0) is 6.42 Å². The molecule has 1 heterocycles. The number of hydrogen-bond donors (Lipinski definition) is 2. The minimum Gasteiger partial charge on any atom is -0.368 e. The number of benzene rings is 1. The molecule has 0 saturated heterocycles. The van der Waals surface area contributed by atoms with Crippen molar-refractivity contribution in [2.45, 2.75) is 53.0 Å². The van der Waals surface area contributed by atoms with Crippen molar-refractivity contribution in [2.24, 2.45) is 0 Å². The fourth-order valence-electron chi connectivity index (χ4n) is 2.43. The summed E-state index contributed by atoms with van der Waals surface area (Å²) < 4.78 is 0. The molecule has 1 aromatic heterocycles. The van der Waals surface area contributed by atoms with E-state index in [0.717, 1.165) is 19.3 Å². The fraction of sp³-hybridized carbons (Fsp3) is 0.471. The molecule has 0 radical (unpaired) electrons. The molecule has 0 aliphatic carbocycles. The second-order valence-corrected chi connectivity index (χ2v) is 5.77. The van der Waals surface area contributed by atoms with Gasteiger partial charge in [-0.05, 0) is 56.7 Å². The quantitative estimate of drug-likeness (QED) is 0.856. The predicted octanol–water partition coefficient (Wildman–Crippen LogP) is 3.20. The van der Waals surface area contributed by atoms with Crippen molar-refractivity contribution in [3.63, 3.8) is 0 Å². The standard InChI is InChI=1S/C17H25N5/c1-5-15(21-17-20-13(4)19-16(18)22-17)9-8-14-7-6-11(2)12(3)10-14/h6-7,10,15H,5,8-9H2,1-4H3,(H3,18,19,20,21,22). The van der Waals surface area contributed by atoms with E-state index in [0.29, 0.717) is 17.8 Å². The van der Waals surface area contributed by atoms with E-state index in [1.807, 2.05) is 6.92 Å². The molecule has 0 saturated carbocycles. The van der Waals surface area contributed by atoms with E-state index in [1.165, 1.54) is 16.7 Å². The van der Waals surface area contributed by atoms with E-state index in [2.05, 4.69) is 59.2 Å². The number of aromatic nitrogens is 3. The van der Waals surface area contributed by atoms with E-state index in [9.17, 15) is 0 Å². The van der Waals surface area contributed by atoms with Crippen LogP contribution in [0.15, 0.2) is 18.2 Å². The van der Waals surface area contributed by atoms with Crippen LogP contribution in [-0.4, -0.2) is 21.0 Å². The Bertz CT molecular complexity index is 619. The lowest BCUT2D eigenvalue weighted by atomic mass is 10.00. The summed E-state index contributed by atoms with van der Waals surface area (Å²) in [6.07, 6.45) is 3.07. The lowest BCUT2D eigenvalue weighted by Crippen LogP contribution is -2.21. The molecule has 0 aliphatic heterocycles. The minimum absolute atomic E-state index is 0.263. The molecule has 2 rings (SSSR count). The van der Waals surface area contributed by atoms with Crippen molar-refractivity contribution in [3.05, 3.63) is 40.7 Å². The number of rotatable bonds is 6. The summed E-state index contributed by atoms with van der Waals surface area (Å²) in [5.74, 6) is 1.47. The van der Waals surface area contributed by atoms with Crippen molar-refractivity contribution in [1.29, 1.82) is 0 Å². The molecule has 118 valence electrons. The smallest absolute Gasteiger partial charge is 0.227 e. The normalized spacial score (nSPS) is 12.2. The first kappa shape index (κ1) is 16.2. The first-order valence-electron chi connectivity index (χ1n) is 7.78. The fourth-order valence-corrected chi connectivity index (χ4v) is 2.43. The second-order valence-electron chi connectivity index (χ2n) is 5.77. The molecular formula is C17H25N5. The van der Waals surface area contributed by atoms with Crippen LogP contribution < -0.4 is 11.1 Å². The van der Waals surface area contributed by atoms with Gasteiger partial charge in [-0.1, -0.05) is 25.1 Å². The van der Waals surface area contributed by atoms with Gasteiger partial charge in [-0.15, -0.1) is 0 Å². The number of anilines is 2. The zero-order valence-corrected chi connectivity index (χ0v) is 13.8. The van der Waals surface area contributed by atoms with Gasteiger partial charge < -0.3 is 11.1 Å². The second kappa shape index (κ2) is 7.20. The summed E-state index contributed by atoms with van der Waals surface area (Å²) in [7, 11) is 0. The average Bonchev–Trinajstić information content (AvgIpc) is 2.46. The third-order valence-corrected chi connectivity index (χ3v) is 3.94. The minimum atomic E-state index is 0.263. The number of aryl methyl sites for hydroxylation is 4. The topological polar surface area (TPSA) is 76.7 Å². The van der Waals surface area contributed by atoms with Gasteiger partial charge in [0, 0.05) is 6.04 Å². The highest BCUT2D eigenvalue weighted by Crippen LogP contribution is 2.15. The monoisotopic (exact) mass is 299 g/mol. The average molecular weight is 299 g/mol. The maximum Gasteiger partial charge on any atom is 0.227 e. The van der Waals surface area contributed by atoms with Gasteiger partial charge in [-0.3, -0.25) is 0 Å². The maximum absolute atomic E-state index is 5.67. The van der Waals surface area contributed by atoms with E-state index < -0.39 is 0 Å². The molecule has 5 nitrogen and oxygen atoms in total. The molecule has 0 spiro atoms. The Morgan fingerprint density at radius 1 is 1.09 bits per heavy atom. The molecule has 2 aromatic rings. The van der Waals surface area contributed by atoms with Crippen molar-refractivity contribution < 1.29 is 0 Å². The van der Waals surface area contributed by atoms with Crippen molar-refractivity contribution in [3.8, 4) is 0 Å². The number of nitrogen functional groups attached to an aromatic ring is 1. The summed E-state index contributed by atoms with van der Waals surface area (Å²) in [5, 5.41) is 3.36. The SMILES string of the molecule is CCC(CCc1ccc(C)c(C)c1)Nc1nc(C)nc(N)n1. The number of hydrogen-bond acceptors (Lipinski definition) is 5. The Balaban J connectivity index is 1.98. The van der Waals surface area contributed by atoms with Crippen LogP contribution in [0.4, 0.5) is 11.9 Å². The maximum atomic E-state index is 5.67. The van der Waals surface area contributed by atoms with E-state index in [-0.39, 0.29) is 5.95 Å². The summed E-state index contributed by atoms with van der Waals surface area (Å²) in [5.41, 5.74) is 9.72. The van der Waals surface area contributed by atoms with Crippen LogP contribution in [0.5, 0.6) is 0 Å². The lowest BCUT2D eigenvalue weighted by molar-refractivity contribution is 0.627. The Morgan fingerprint density at radius 3 is 2.50 bits per heavy atom. The van der Waals surface area contributed by atoms with Gasteiger partial charge in [0.2, 0.25) is 11.9 Å². The highest BCUT2D eigenvalue weighted by molar-refractivity contribution is 5.33. The molecule has 1 atom stereocenters. The summed E-state index contributed by atoms with van der Waals surface area (Å²) >= 11 is 0. The number of nitrogens with one attached hydrogen (secondary N) is 1. The molecule has 0 fully saturated rings. The van der Waals surface area contributed by atoms with Crippen LogP contribution >= 0.6 is 0 Å². The van der Waals surface area contributed by atoms with Gasteiger partial charge in [0.15, 0.2) is 0 Å². The Hall–Kier alpha value is -2.17. The van der Waals surface area contributed by atoms with Crippen molar-refractivity contribution in [2.75, 3.05) is 11.1 Å². The van der Waals surface area contributed by atoms with Crippen molar-refractivity contribution in [1.82, 2.24) is 15.0 Å². The molecule has 1 unspecified atom stereocenters. The van der Waals surface area contributed by atoms with E-state index in [1.54, 1.807) is 0 Å². The molecule has 5 heteroatoms. The number of nitrogens with zero attached hydrogens (tertiary/aromatic N) is 3. The molecular weight excluding hydrogens is 274 g/mol. The Labute approximate surface area is 132 Å². The van der Waals surface area contributed by atoms with Crippen LogP contribution in [0, 0.1) is 20.8 Å². The first-order valence-corrected chi connectivity index (χ1v) is 7.78. The van der Waals surface area contributed by atoms with Gasteiger partial charge >= 0.3 is 0 Å². The first-order chi connectivity index (χ1) is 10.5.